The molecule has 3 amide bonds. The van der Waals surface area contributed by atoms with Crippen molar-refractivity contribution in [2.24, 2.45) is 5.92 Å². The third kappa shape index (κ3) is 3.66. The largest absolute Gasteiger partial charge is 0.356 e. The first-order valence-corrected chi connectivity index (χ1v) is 9.80. The number of aryl methyl sites for hydroxylation is 2. The molecule has 7 nitrogen and oxygen atoms in total. The van der Waals surface area contributed by atoms with Crippen molar-refractivity contribution in [2.75, 3.05) is 18.0 Å². The van der Waals surface area contributed by atoms with Crippen LogP contribution in [0.25, 0.3) is 0 Å². The molecule has 2 fully saturated rings. The maximum Gasteiger partial charge on any atom is 0.322 e. The highest BCUT2D eigenvalue weighted by Gasteiger charge is 2.52. The van der Waals surface area contributed by atoms with Crippen LogP contribution in [0.2, 0.25) is 0 Å². The lowest BCUT2D eigenvalue weighted by atomic mass is 9.74. The highest BCUT2D eigenvalue weighted by atomic mass is 19.1. The number of halogens is 1. The Hall–Kier alpha value is -3.03. The van der Waals surface area contributed by atoms with Gasteiger partial charge >= 0.3 is 6.03 Å². The molecule has 0 aliphatic carbocycles. The second kappa shape index (κ2) is 7.42. The molecule has 2 aliphatic rings. The van der Waals surface area contributed by atoms with Crippen LogP contribution in [0.1, 0.15) is 29.8 Å². The van der Waals surface area contributed by atoms with Crippen LogP contribution >= 0.6 is 0 Å². The van der Waals surface area contributed by atoms with Crippen LogP contribution in [-0.4, -0.2) is 40.5 Å². The summed E-state index contributed by atoms with van der Waals surface area (Å²) in [5.41, 5.74) is 0.813. The number of imide groups is 1. The molecule has 1 aromatic carbocycles. The van der Waals surface area contributed by atoms with E-state index in [0.717, 1.165) is 48.7 Å². The van der Waals surface area contributed by atoms with Gasteiger partial charge in [-0.1, -0.05) is 12.1 Å². The van der Waals surface area contributed by atoms with Crippen LogP contribution in [0, 0.1) is 25.6 Å². The van der Waals surface area contributed by atoms with E-state index in [2.05, 4.69) is 25.5 Å². The summed E-state index contributed by atoms with van der Waals surface area (Å²) in [5.74, 6) is 0.982. The molecule has 2 N–H and O–H groups in total. The van der Waals surface area contributed by atoms with E-state index < -0.39 is 11.6 Å². The van der Waals surface area contributed by atoms with Gasteiger partial charge in [0.25, 0.3) is 5.91 Å². The van der Waals surface area contributed by atoms with Gasteiger partial charge in [-0.15, -0.1) is 0 Å². The Balaban J connectivity index is 1.55. The Morgan fingerprint density at radius 2 is 1.86 bits per heavy atom. The molecule has 8 heteroatoms. The van der Waals surface area contributed by atoms with Crippen molar-refractivity contribution in [3.05, 3.63) is 53.2 Å². The minimum atomic E-state index is -1.02. The monoisotopic (exact) mass is 397 g/mol. The van der Waals surface area contributed by atoms with Crippen molar-refractivity contribution in [1.29, 1.82) is 0 Å². The van der Waals surface area contributed by atoms with E-state index in [0.29, 0.717) is 6.42 Å². The number of carbonyl (C=O) groups is 2. The standard InChI is InChI=1S/C21H24FN5O2/c1-13-12-23-14(2)24-18(13)27-9-7-16(8-10-27)21(19(28)25-20(29)26-21)11-15-3-5-17(22)6-4-15/h3-6,12,16H,7-11H2,1-2H3,(H2,25,26,28,29). The van der Waals surface area contributed by atoms with Crippen molar-refractivity contribution >= 4 is 17.8 Å². The van der Waals surface area contributed by atoms with E-state index >= 15 is 0 Å². The topological polar surface area (TPSA) is 87.2 Å². The summed E-state index contributed by atoms with van der Waals surface area (Å²) in [4.78, 5) is 35.8. The third-order valence-electron chi connectivity index (χ3n) is 5.92. The molecule has 3 heterocycles. The highest BCUT2D eigenvalue weighted by molar-refractivity contribution is 6.07. The molecule has 4 rings (SSSR count). The van der Waals surface area contributed by atoms with Gasteiger partial charge in [0.1, 0.15) is 23.0 Å². The number of rotatable bonds is 4. The minimum absolute atomic E-state index is 0.0292. The van der Waals surface area contributed by atoms with Gasteiger partial charge in [0.2, 0.25) is 0 Å². The number of urea groups is 1. The molecule has 2 saturated heterocycles. The number of piperidine rings is 1. The summed E-state index contributed by atoms with van der Waals surface area (Å²) in [6.45, 7) is 5.32. The molecule has 1 unspecified atom stereocenters. The predicted molar refractivity (Wildman–Crippen MR) is 106 cm³/mol. The Labute approximate surface area is 168 Å². The second-order valence-electron chi connectivity index (χ2n) is 7.87. The van der Waals surface area contributed by atoms with Crippen LogP contribution in [-0.2, 0) is 11.2 Å². The lowest BCUT2D eigenvalue weighted by molar-refractivity contribution is -0.126. The molecule has 2 aromatic rings. The number of nitrogens with zero attached hydrogens (tertiary/aromatic N) is 3. The first-order valence-electron chi connectivity index (χ1n) is 9.80. The second-order valence-corrected chi connectivity index (χ2v) is 7.87. The molecule has 29 heavy (non-hydrogen) atoms. The molecule has 152 valence electrons. The van der Waals surface area contributed by atoms with Crippen LogP contribution in [0.5, 0.6) is 0 Å². The van der Waals surface area contributed by atoms with Crippen LogP contribution in [0.15, 0.2) is 30.5 Å². The summed E-state index contributed by atoms with van der Waals surface area (Å²) in [7, 11) is 0. The van der Waals surface area contributed by atoms with Crippen molar-refractivity contribution in [3.63, 3.8) is 0 Å². The summed E-state index contributed by atoms with van der Waals surface area (Å²) < 4.78 is 13.3. The SMILES string of the molecule is Cc1ncc(C)c(N2CCC(C3(Cc4ccc(F)cc4)NC(=O)NC3=O)CC2)n1. The fourth-order valence-corrected chi connectivity index (χ4v) is 4.41. The van der Waals surface area contributed by atoms with Crippen molar-refractivity contribution in [1.82, 2.24) is 20.6 Å². The molecular formula is C21H24FN5O2. The first-order chi connectivity index (χ1) is 13.9. The zero-order chi connectivity index (χ0) is 20.6. The lowest BCUT2D eigenvalue weighted by Gasteiger charge is -2.41. The maximum atomic E-state index is 13.3. The van der Waals surface area contributed by atoms with E-state index in [1.54, 1.807) is 12.1 Å². The van der Waals surface area contributed by atoms with Gasteiger partial charge < -0.3 is 10.2 Å². The fraction of sp³-hybridized carbons (Fsp3) is 0.429. The van der Waals surface area contributed by atoms with Gasteiger partial charge in [0, 0.05) is 31.3 Å². The number of carbonyl (C=O) groups excluding carboxylic acids is 2. The average molecular weight is 397 g/mol. The molecule has 0 bridgehead atoms. The van der Waals surface area contributed by atoms with E-state index in [1.165, 1.54) is 12.1 Å². The van der Waals surface area contributed by atoms with E-state index in [4.69, 9.17) is 0 Å². The number of anilines is 1. The maximum absolute atomic E-state index is 13.3. The van der Waals surface area contributed by atoms with Crippen LogP contribution in [0.4, 0.5) is 15.0 Å². The molecule has 1 atom stereocenters. The Morgan fingerprint density at radius 3 is 2.48 bits per heavy atom. The lowest BCUT2D eigenvalue weighted by Crippen LogP contribution is -2.57. The quantitative estimate of drug-likeness (QED) is 0.773. The smallest absolute Gasteiger partial charge is 0.322 e. The molecule has 2 aliphatic heterocycles. The van der Waals surface area contributed by atoms with Crippen molar-refractivity contribution < 1.29 is 14.0 Å². The summed E-state index contributed by atoms with van der Waals surface area (Å²) in [6.07, 6.45) is 3.63. The Morgan fingerprint density at radius 1 is 1.17 bits per heavy atom. The fourth-order valence-electron chi connectivity index (χ4n) is 4.41. The van der Waals surface area contributed by atoms with Gasteiger partial charge in [0.15, 0.2) is 0 Å². The Bertz CT molecular complexity index is 941. The van der Waals surface area contributed by atoms with E-state index in [9.17, 15) is 14.0 Å². The van der Waals surface area contributed by atoms with Gasteiger partial charge in [-0.2, -0.15) is 0 Å². The minimum Gasteiger partial charge on any atom is -0.356 e. The Kier molecular flexibility index (Phi) is 4.94. The predicted octanol–water partition coefficient (Wildman–Crippen LogP) is 2.27. The number of benzene rings is 1. The number of nitrogens with one attached hydrogen (secondary N) is 2. The average Bonchev–Trinajstić information content (AvgIpc) is 2.99. The summed E-state index contributed by atoms with van der Waals surface area (Å²) in [6, 6.07) is 5.61. The summed E-state index contributed by atoms with van der Waals surface area (Å²) >= 11 is 0. The van der Waals surface area contributed by atoms with Crippen molar-refractivity contribution in [2.45, 2.75) is 38.6 Å². The van der Waals surface area contributed by atoms with Crippen molar-refractivity contribution in [3.8, 4) is 0 Å². The molecule has 0 spiro atoms. The molecule has 0 saturated carbocycles. The van der Waals surface area contributed by atoms with Crippen LogP contribution < -0.4 is 15.5 Å². The van der Waals surface area contributed by atoms with Gasteiger partial charge in [0.05, 0.1) is 0 Å². The number of hydrogen-bond donors (Lipinski definition) is 2. The van der Waals surface area contributed by atoms with Gasteiger partial charge in [-0.3, -0.25) is 10.1 Å². The van der Waals surface area contributed by atoms with Crippen LogP contribution in [0.3, 0.4) is 0 Å². The first kappa shape index (κ1) is 19.3. The number of aromatic nitrogens is 2. The number of amides is 3. The third-order valence-corrected chi connectivity index (χ3v) is 5.92. The van der Waals surface area contributed by atoms with E-state index in [1.807, 2.05) is 20.0 Å². The molecular weight excluding hydrogens is 373 g/mol. The number of hydrogen-bond acceptors (Lipinski definition) is 5. The molecule has 1 aromatic heterocycles. The molecule has 0 radical (unpaired) electrons. The zero-order valence-electron chi connectivity index (χ0n) is 16.5. The zero-order valence-corrected chi connectivity index (χ0v) is 16.5. The summed E-state index contributed by atoms with van der Waals surface area (Å²) in [5, 5.41) is 5.29. The van der Waals surface area contributed by atoms with Gasteiger partial charge in [-0.25, -0.2) is 19.2 Å². The normalized spacial score (nSPS) is 22.5. The van der Waals surface area contributed by atoms with Gasteiger partial charge in [-0.05, 0) is 50.3 Å². The van der Waals surface area contributed by atoms with E-state index in [-0.39, 0.29) is 17.6 Å². The highest BCUT2D eigenvalue weighted by Crippen LogP contribution is 2.35.